The number of thiazole rings is 1. The van der Waals surface area contributed by atoms with Gasteiger partial charge in [0.25, 0.3) is 5.91 Å². The van der Waals surface area contributed by atoms with E-state index >= 15 is 0 Å². The Morgan fingerprint density at radius 3 is 2.81 bits per heavy atom. The zero-order chi connectivity index (χ0) is 25.4. The Morgan fingerprint density at radius 2 is 2.06 bits per heavy atom. The van der Waals surface area contributed by atoms with Crippen molar-refractivity contribution in [3.05, 3.63) is 88.0 Å². The van der Waals surface area contributed by atoms with E-state index in [4.69, 9.17) is 20.8 Å². The van der Waals surface area contributed by atoms with E-state index < -0.39 is 23.5 Å². The van der Waals surface area contributed by atoms with E-state index in [9.17, 15) is 14.7 Å². The lowest BCUT2D eigenvalue weighted by Gasteiger charge is -2.24. The van der Waals surface area contributed by atoms with Crippen LogP contribution in [-0.4, -0.2) is 28.4 Å². The molecule has 0 bridgehead atoms. The number of hydrogen-bond acceptors (Lipinski definition) is 7. The Labute approximate surface area is 216 Å². The summed E-state index contributed by atoms with van der Waals surface area (Å²) in [6, 6.07) is 14.7. The van der Waals surface area contributed by atoms with Gasteiger partial charge in [-0.3, -0.25) is 14.5 Å². The van der Waals surface area contributed by atoms with E-state index in [2.05, 4.69) is 11.9 Å². The van der Waals surface area contributed by atoms with Crippen LogP contribution in [0.4, 0.5) is 5.13 Å². The van der Waals surface area contributed by atoms with Gasteiger partial charge in [-0.25, -0.2) is 4.98 Å². The van der Waals surface area contributed by atoms with Gasteiger partial charge in [-0.05, 0) is 61.4 Å². The largest absolute Gasteiger partial charge is 0.503 e. The van der Waals surface area contributed by atoms with E-state index in [0.717, 1.165) is 17.5 Å². The fourth-order valence-corrected chi connectivity index (χ4v) is 5.41. The highest BCUT2D eigenvalue weighted by Gasteiger charge is 2.46. The fraction of sp³-hybridized carbons (Fsp3) is 0.222. The van der Waals surface area contributed by atoms with Crippen LogP contribution in [0.25, 0.3) is 10.2 Å². The van der Waals surface area contributed by atoms with Crippen molar-refractivity contribution < 1.29 is 23.8 Å². The Hall–Kier alpha value is -3.62. The van der Waals surface area contributed by atoms with Crippen LogP contribution in [-0.2, 0) is 4.79 Å². The number of anilines is 1. The van der Waals surface area contributed by atoms with Gasteiger partial charge in [-0.2, -0.15) is 0 Å². The van der Waals surface area contributed by atoms with Gasteiger partial charge in [0.2, 0.25) is 5.78 Å². The molecule has 1 N–H and O–H groups in total. The summed E-state index contributed by atoms with van der Waals surface area (Å²) >= 11 is 7.40. The number of hydrogen-bond donors (Lipinski definition) is 1. The molecule has 1 amide bonds. The van der Waals surface area contributed by atoms with Crippen LogP contribution in [0.3, 0.4) is 0 Å². The molecule has 36 heavy (non-hydrogen) atoms. The summed E-state index contributed by atoms with van der Waals surface area (Å²) in [5.41, 5.74) is 1.19. The third-order valence-electron chi connectivity index (χ3n) is 5.90. The van der Waals surface area contributed by atoms with Crippen molar-refractivity contribution in [1.82, 2.24) is 4.98 Å². The molecule has 0 spiro atoms. The Bertz CT molecular complexity index is 1500. The molecular formula is C27H23ClN2O5S. The zero-order valence-corrected chi connectivity index (χ0v) is 21.2. The van der Waals surface area contributed by atoms with Gasteiger partial charge in [0.15, 0.2) is 16.7 Å². The van der Waals surface area contributed by atoms with Crippen molar-refractivity contribution >= 4 is 50.0 Å². The number of rotatable bonds is 8. The van der Waals surface area contributed by atoms with Gasteiger partial charge < -0.3 is 14.3 Å². The fourth-order valence-electron chi connectivity index (χ4n) is 4.14. The topological polar surface area (TPSA) is 92.9 Å². The van der Waals surface area contributed by atoms with Crippen LogP contribution in [0, 0.1) is 6.92 Å². The van der Waals surface area contributed by atoms with Crippen LogP contribution in [0.5, 0.6) is 5.75 Å². The number of aryl methyl sites for hydroxylation is 1. The zero-order valence-electron chi connectivity index (χ0n) is 19.7. The summed E-state index contributed by atoms with van der Waals surface area (Å²) in [6.45, 7) is 4.34. The van der Waals surface area contributed by atoms with Gasteiger partial charge in [-0.1, -0.05) is 48.4 Å². The number of carbonyl (C=O) groups is 2. The summed E-state index contributed by atoms with van der Waals surface area (Å²) in [4.78, 5) is 32.9. The molecule has 0 saturated carbocycles. The van der Waals surface area contributed by atoms with E-state index in [1.54, 1.807) is 49.4 Å². The number of aliphatic hydroxyl groups excluding tert-OH is 1. The SMILES string of the molecule is CCCCOc1cccc(C2C(C(=O)c3ccc(C)o3)=C(O)C(=O)N2c2nc3ccc(Cl)cc3s2)c1. The van der Waals surface area contributed by atoms with Crippen molar-refractivity contribution in [2.45, 2.75) is 32.7 Å². The van der Waals surface area contributed by atoms with E-state index in [1.807, 2.05) is 6.07 Å². The molecule has 2 aromatic heterocycles. The van der Waals surface area contributed by atoms with Crippen LogP contribution >= 0.6 is 22.9 Å². The molecule has 1 aliphatic heterocycles. The average Bonchev–Trinajstić information content (AvgIpc) is 3.55. The van der Waals surface area contributed by atoms with E-state index in [1.165, 1.54) is 22.3 Å². The Balaban J connectivity index is 1.63. The van der Waals surface area contributed by atoms with Crippen LogP contribution in [0.1, 0.15) is 47.7 Å². The number of aliphatic hydroxyl groups is 1. The molecule has 1 atom stereocenters. The second kappa shape index (κ2) is 9.79. The van der Waals surface area contributed by atoms with Crippen molar-refractivity contribution in [2.75, 3.05) is 11.5 Å². The normalized spacial score (nSPS) is 15.8. The third-order valence-corrected chi connectivity index (χ3v) is 7.16. The van der Waals surface area contributed by atoms with Crippen molar-refractivity contribution in [2.24, 2.45) is 0 Å². The molecule has 0 radical (unpaired) electrons. The minimum Gasteiger partial charge on any atom is -0.503 e. The maximum absolute atomic E-state index is 13.5. The average molecular weight is 523 g/mol. The number of amides is 1. The second-order valence-corrected chi connectivity index (χ2v) is 9.91. The van der Waals surface area contributed by atoms with Crippen molar-refractivity contribution in [3.8, 4) is 5.75 Å². The molecule has 2 aromatic carbocycles. The number of benzene rings is 2. The Kier molecular flexibility index (Phi) is 6.55. The molecule has 3 heterocycles. The molecule has 4 aromatic rings. The highest BCUT2D eigenvalue weighted by atomic mass is 35.5. The maximum atomic E-state index is 13.5. The quantitative estimate of drug-likeness (QED) is 0.202. The Morgan fingerprint density at radius 1 is 1.22 bits per heavy atom. The summed E-state index contributed by atoms with van der Waals surface area (Å²) in [5.74, 6) is -0.715. The highest BCUT2D eigenvalue weighted by Crippen LogP contribution is 2.45. The lowest BCUT2D eigenvalue weighted by Crippen LogP contribution is -2.31. The first-order valence-electron chi connectivity index (χ1n) is 11.5. The molecule has 0 saturated heterocycles. The number of aromatic nitrogens is 1. The molecule has 1 aliphatic rings. The minimum absolute atomic E-state index is 0.0418. The van der Waals surface area contributed by atoms with Crippen LogP contribution in [0.15, 0.2) is 70.3 Å². The van der Waals surface area contributed by atoms with Crippen molar-refractivity contribution in [1.29, 1.82) is 0 Å². The predicted molar refractivity (Wildman–Crippen MR) is 139 cm³/mol. The first kappa shape index (κ1) is 24.1. The van der Waals surface area contributed by atoms with Gasteiger partial charge in [0, 0.05) is 5.02 Å². The van der Waals surface area contributed by atoms with Crippen LogP contribution in [0.2, 0.25) is 5.02 Å². The molecule has 0 aliphatic carbocycles. The summed E-state index contributed by atoms with van der Waals surface area (Å²) in [6.07, 6.45) is 1.89. The van der Waals surface area contributed by atoms with Gasteiger partial charge >= 0.3 is 0 Å². The van der Waals surface area contributed by atoms with Gasteiger partial charge in [-0.15, -0.1) is 0 Å². The number of nitrogens with zero attached hydrogens (tertiary/aromatic N) is 2. The van der Waals surface area contributed by atoms with Gasteiger partial charge in [0.05, 0.1) is 28.4 Å². The smallest absolute Gasteiger partial charge is 0.296 e. The second-order valence-electron chi connectivity index (χ2n) is 8.46. The molecule has 0 fully saturated rings. The highest BCUT2D eigenvalue weighted by molar-refractivity contribution is 7.22. The standard InChI is InChI=1S/C27H23ClN2O5S/c1-3-4-12-34-18-7-5-6-16(13-18)23-22(24(31)20-11-8-15(2)35-20)25(32)26(33)30(23)27-29-19-10-9-17(28)14-21(19)36-27/h5-11,13-14,23,32H,3-4,12H2,1-2H3. The number of carbonyl (C=O) groups excluding carboxylic acids is 2. The van der Waals surface area contributed by atoms with E-state index in [0.29, 0.717) is 39.4 Å². The molecule has 184 valence electrons. The third kappa shape index (κ3) is 4.38. The summed E-state index contributed by atoms with van der Waals surface area (Å²) in [5, 5.41) is 11.9. The molecule has 7 nitrogen and oxygen atoms in total. The maximum Gasteiger partial charge on any atom is 0.296 e. The number of fused-ring (bicyclic) bond motifs is 1. The number of unbranched alkanes of at least 4 members (excludes halogenated alkanes) is 1. The molecule has 5 rings (SSSR count). The van der Waals surface area contributed by atoms with Gasteiger partial charge in [0.1, 0.15) is 11.5 Å². The number of Topliss-reactive ketones (excluding diaryl/α,β-unsaturated/α-hetero) is 1. The van der Waals surface area contributed by atoms with Crippen molar-refractivity contribution in [3.63, 3.8) is 0 Å². The first-order valence-corrected chi connectivity index (χ1v) is 12.7. The first-order chi connectivity index (χ1) is 17.4. The predicted octanol–water partition coefficient (Wildman–Crippen LogP) is 6.81. The lowest BCUT2D eigenvalue weighted by atomic mass is 9.95. The van der Waals surface area contributed by atoms with E-state index in [-0.39, 0.29) is 11.3 Å². The monoisotopic (exact) mass is 522 g/mol. The van der Waals surface area contributed by atoms with Crippen LogP contribution < -0.4 is 9.64 Å². The molecule has 1 unspecified atom stereocenters. The summed E-state index contributed by atoms with van der Waals surface area (Å²) in [7, 11) is 0. The molecule has 9 heteroatoms. The number of ketones is 1. The minimum atomic E-state index is -0.929. The number of halogens is 1. The summed E-state index contributed by atoms with van der Waals surface area (Å²) < 4.78 is 12.2. The number of ether oxygens (including phenoxy) is 1. The lowest BCUT2D eigenvalue weighted by molar-refractivity contribution is -0.117. The molecular weight excluding hydrogens is 500 g/mol. The number of furan rings is 1.